The van der Waals surface area contributed by atoms with Crippen LogP contribution < -0.4 is 0 Å². The van der Waals surface area contributed by atoms with Crippen LogP contribution in [0.15, 0.2) is 65.7 Å². The summed E-state index contributed by atoms with van der Waals surface area (Å²) in [5.41, 5.74) is -1.24. The van der Waals surface area contributed by atoms with E-state index >= 15 is 0 Å². The normalized spacial score (nSPS) is 23.7. The van der Waals surface area contributed by atoms with Crippen LogP contribution in [-0.2, 0) is 39.9 Å². The summed E-state index contributed by atoms with van der Waals surface area (Å²) < 4.78 is 71.5. The molecule has 0 radical (unpaired) electrons. The van der Waals surface area contributed by atoms with Crippen molar-refractivity contribution in [1.29, 1.82) is 0 Å². The van der Waals surface area contributed by atoms with Gasteiger partial charge in [-0.15, -0.1) is 0 Å². The van der Waals surface area contributed by atoms with Gasteiger partial charge in [0.15, 0.2) is 18.3 Å². The molecule has 2 aromatic rings. The van der Waals surface area contributed by atoms with Gasteiger partial charge in [-0.2, -0.15) is 13.2 Å². The van der Waals surface area contributed by atoms with E-state index in [9.17, 15) is 22.8 Å². The molecule has 0 aliphatic carbocycles. The topological polar surface area (TPSA) is 92.7 Å². The van der Waals surface area contributed by atoms with E-state index in [1.807, 2.05) is 0 Å². The van der Waals surface area contributed by atoms with Crippen molar-refractivity contribution >= 4 is 23.5 Å². The molecule has 5 atom stereocenters. The number of hydrogen-bond acceptors (Lipinski definition) is 8. The second-order valence-corrected chi connectivity index (χ2v) is 12.1. The number of benzene rings is 2. The number of esters is 2. The minimum atomic E-state index is -5.00. The lowest BCUT2D eigenvalue weighted by atomic mass is 9.94. The zero-order chi connectivity index (χ0) is 31.3. The summed E-state index contributed by atoms with van der Waals surface area (Å²) in [4.78, 5) is 29.7. The molecule has 1 heterocycles. The van der Waals surface area contributed by atoms with Crippen LogP contribution in [0.25, 0.3) is 0 Å². The molecule has 230 valence electrons. The number of ether oxygens (including phenoxy) is 5. The van der Waals surface area contributed by atoms with Gasteiger partial charge in [0.1, 0.15) is 0 Å². The molecule has 1 saturated heterocycles. The van der Waals surface area contributed by atoms with Crippen LogP contribution in [0.2, 0.25) is 0 Å². The molecule has 1 fully saturated rings. The van der Waals surface area contributed by atoms with Gasteiger partial charge in [0, 0.05) is 0 Å². The van der Waals surface area contributed by atoms with Crippen molar-refractivity contribution < 1.29 is 46.4 Å². The monoisotopic (exact) mass is 593 g/mol. The van der Waals surface area contributed by atoms with E-state index in [0.29, 0.717) is 5.56 Å². The number of para-hydroxylation sites is 1. The molecule has 0 amide bonds. The minimum Gasteiger partial charge on any atom is -0.455 e. The summed E-state index contributed by atoms with van der Waals surface area (Å²) in [6.45, 7) is 11.2. The van der Waals surface area contributed by atoms with Gasteiger partial charge in [-0.25, -0.2) is 4.99 Å². The summed E-state index contributed by atoms with van der Waals surface area (Å²) >= 11 is 0. The van der Waals surface area contributed by atoms with E-state index < -0.39 is 65.5 Å². The highest BCUT2D eigenvalue weighted by Crippen LogP contribution is 2.34. The van der Waals surface area contributed by atoms with Crippen molar-refractivity contribution in [2.24, 2.45) is 15.8 Å². The fraction of sp³-hybridized carbons (Fsp3) is 0.516. The molecule has 1 aliphatic rings. The first-order valence-corrected chi connectivity index (χ1v) is 13.6. The second-order valence-electron chi connectivity index (χ2n) is 12.1. The van der Waals surface area contributed by atoms with Crippen LogP contribution in [0.4, 0.5) is 18.9 Å². The van der Waals surface area contributed by atoms with E-state index in [1.54, 1.807) is 77.9 Å². The number of carbonyl (C=O) groups excluding carboxylic acids is 2. The molecule has 2 aromatic carbocycles. The quantitative estimate of drug-likeness (QED) is 0.204. The molecule has 0 spiro atoms. The smallest absolute Gasteiger partial charge is 0.455 e. The van der Waals surface area contributed by atoms with Crippen molar-refractivity contribution in [2.75, 3.05) is 0 Å². The third-order valence-corrected chi connectivity index (χ3v) is 6.18. The van der Waals surface area contributed by atoms with E-state index in [1.165, 1.54) is 31.2 Å². The fourth-order valence-corrected chi connectivity index (χ4v) is 3.79. The van der Waals surface area contributed by atoms with Gasteiger partial charge in [-0.1, -0.05) is 48.5 Å². The first kappa shape index (κ1) is 33.1. The van der Waals surface area contributed by atoms with Gasteiger partial charge in [-0.3, -0.25) is 9.59 Å². The number of rotatable bonds is 7. The van der Waals surface area contributed by atoms with Gasteiger partial charge in [0.05, 0.1) is 29.2 Å². The highest BCUT2D eigenvalue weighted by atomic mass is 19.4. The number of nitrogens with zero attached hydrogens (tertiary/aromatic N) is 1. The Morgan fingerprint density at radius 2 is 1.26 bits per heavy atom. The molecule has 42 heavy (non-hydrogen) atoms. The Morgan fingerprint density at radius 3 is 1.76 bits per heavy atom. The van der Waals surface area contributed by atoms with Crippen LogP contribution in [0, 0.1) is 10.8 Å². The maximum Gasteiger partial charge on any atom is 0.468 e. The van der Waals surface area contributed by atoms with E-state index in [4.69, 9.17) is 23.7 Å². The molecule has 11 heteroatoms. The summed E-state index contributed by atoms with van der Waals surface area (Å²) in [6, 6.07) is 16.3. The zero-order valence-electron chi connectivity index (χ0n) is 24.8. The van der Waals surface area contributed by atoms with Crippen molar-refractivity contribution in [3.8, 4) is 0 Å². The van der Waals surface area contributed by atoms with Crippen LogP contribution in [0.5, 0.6) is 0 Å². The molecule has 0 bridgehead atoms. The first-order chi connectivity index (χ1) is 19.5. The van der Waals surface area contributed by atoms with Crippen molar-refractivity contribution in [1.82, 2.24) is 0 Å². The first-order valence-electron chi connectivity index (χ1n) is 13.6. The highest BCUT2D eigenvalue weighted by Gasteiger charge is 2.54. The minimum absolute atomic E-state index is 0.00290. The zero-order valence-corrected chi connectivity index (χ0v) is 24.8. The van der Waals surface area contributed by atoms with Crippen molar-refractivity contribution in [3.05, 3.63) is 66.2 Å². The predicted octanol–water partition coefficient (Wildman–Crippen LogP) is 6.54. The molecule has 8 nitrogen and oxygen atoms in total. The lowest BCUT2D eigenvalue weighted by Gasteiger charge is -2.45. The molecular formula is C31H38F3NO7. The summed E-state index contributed by atoms with van der Waals surface area (Å²) in [5.74, 6) is -2.88. The van der Waals surface area contributed by atoms with E-state index in [2.05, 4.69) is 4.99 Å². The Kier molecular flexibility index (Phi) is 10.4. The average molecular weight is 594 g/mol. The van der Waals surface area contributed by atoms with Gasteiger partial charge in [0.2, 0.25) is 6.29 Å². The lowest BCUT2D eigenvalue weighted by molar-refractivity contribution is -0.297. The number of carbonyl (C=O) groups is 2. The summed E-state index contributed by atoms with van der Waals surface area (Å²) in [6.07, 6.45) is -11.8. The number of halogens is 3. The molecule has 5 unspecified atom stereocenters. The molecule has 0 N–H and O–H groups in total. The molecule has 0 saturated carbocycles. The number of aliphatic imine (C=N–C) groups is 1. The SMILES string of the molecule is CC1OC(OC(=Nc2ccccc2)C(F)(F)F)C(OCc2ccccc2)C(OC(=O)C(C)(C)C)C1OC(=O)C(C)(C)C. The molecular weight excluding hydrogens is 555 g/mol. The largest absolute Gasteiger partial charge is 0.468 e. The summed E-state index contributed by atoms with van der Waals surface area (Å²) in [7, 11) is 0. The maximum atomic E-state index is 14.2. The Balaban J connectivity index is 2.07. The Bertz CT molecular complexity index is 1220. The van der Waals surface area contributed by atoms with Crippen LogP contribution in [0.1, 0.15) is 54.0 Å². The predicted molar refractivity (Wildman–Crippen MR) is 149 cm³/mol. The summed E-state index contributed by atoms with van der Waals surface area (Å²) in [5, 5.41) is 0. The number of alkyl halides is 3. The van der Waals surface area contributed by atoms with Gasteiger partial charge < -0.3 is 23.7 Å². The molecule has 0 aromatic heterocycles. The third-order valence-electron chi connectivity index (χ3n) is 6.18. The highest BCUT2D eigenvalue weighted by molar-refractivity contribution is 5.84. The lowest BCUT2D eigenvalue weighted by Crippen LogP contribution is -2.62. The van der Waals surface area contributed by atoms with Crippen molar-refractivity contribution in [2.45, 2.75) is 92.0 Å². The Labute approximate surface area is 244 Å². The van der Waals surface area contributed by atoms with Crippen molar-refractivity contribution in [3.63, 3.8) is 0 Å². The second kappa shape index (κ2) is 13.2. The Morgan fingerprint density at radius 1 is 0.762 bits per heavy atom. The van der Waals surface area contributed by atoms with Crippen LogP contribution in [0.3, 0.4) is 0 Å². The van der Waals surface area contributed by atoms with Crippen LogP contribution in [-0.4, -0.2) is 54.7 Å². The molecule has 1 aliphatic heterocycles. The van der Waals surface area contributed by atoms with Gasteiger partial charge in [-0.05, 0) is 66.2 Å². The third kappa shape index (κ3) is 9.03. The number of hydrogen-bond donors (Lipinski definition) is 0. The molecule has 3 rings (SSSR count). The van der Waals surface area contributed by atoms with Gasteiger partial charge in [0.25, 0.3) is 5.90 Å². The van der Waals surface area contributed by atoms with Crippen LogP contribution >= 0.6 is 0 Å². The van der Waals surface area contributed by atoms with Gasteiger partial charge >= 0.3 is 18.1 Å². The standard InChI is InChI=1S/C31H38F3NO7/c1-19-22(40-27(36)29(2,3)4)23(41-28(37)30(5,6)7)24(38-18-20-14-10-8-11-15-20)25(39-19)42-26(31(32,33)34)35-21-16-12-9-13-17-21/h8-17,19,22-25H,18H2,1-7H3. The van der Waals surface area contributed by atoms with E-state index in [-0.39, 0.29) is 12.3 Å². The average Bonchev–Trinajstić information content (AvgIpc) is 2.89. The fourth-order valence-electron chi connectivity index (χ4n) is 3.79. The maximum absolute atomic E-state index is 14.2. The van der Waals surface area contributed by atoms with E-state index in [0.717, 1.165) is 0 Å². The Hall–Kier alpha value is -3.44.